The van der Waals surface area contributed by atoms with Gasteiger partial charge in [-0.1, -0.05) is 0 Å². The number of nitrogens with two attached hydrogens (primary N) is 2. The van der Waals surface area contributed by atoms with E-state index in [-0.39, 0.29) is 6.10 Å². The molecule has 1 rings (SSSR count). The molecule has 12 heavy (non-hydrogen) atoms. The molecule has 0 aromatic rings. The van der Waals surface area contributed by atoms with Crippen LogP contribution >= 0.6 is 0 Å². The predicted octanol–water partition coefficient (Wildman–Crippen LogP) is -1.09. The van der Waals surface area contributed by atoms with Gasteiger partial charge in [-0.3, -0.25) is 4.79 Å². The molecule has 0 bridgehead atoms. The molecule has 0 saturated carbocycles. The highest BCUT2D eigenvalue weighted by Gasteiger charge is 2.49. The summed E-state index contributed by atoms with van der Waals surface area (Å²) in [4.78, 5) is 10.8. The van der Waals surface area contributed by atoms with E-state index in [1.165, 1.54) is 0 Å². The molecule has 5 heteroatoms. The Balaban J connectivity index is 2.52. The highest BCUT2D eigenvalue weighted by Crippen LogP contribution is 2.26. The van der Waals surface area contributed by atoms with Crippen LogP contribution in [0.4, 0.5) is 0 Å². The molecule has 0 amide bonds. The molecule has 1 fully saturated rings. The van der Waals surface area contributed by atoms with Crippen molar-refractivity contribution in [2.24, 2.45) is 11.5 Å². The lowest BCUT2D eigenvalue weighted by Gasteiger charge is -2.21. The molecule has 1 unspecified atom stereocenters. The van der Waals surface area contributed by atoms with Crippen LogP contribution in [0.3, 0.4) is 0 Å². The van der Waals surface area contributed by atoms with Crippen molar-refractivity contribution < 1.29 is 14.6 Å². The Morgan fingerprint density at radius 2 is 2.33 bits per heavy atom. The summed E-state index contributed by atoms with van der Waals surface area (Å²) >= 11 is 0. The van der Waals surface area contributed by atoms with Gasteiger partial charge in [-0.05, 0) is 19.4 Å². The molecule has 5 nitrogen and oxygen atoms in total. The number of carboxylic acids is 1. The van der Waals surface area contributed by atoms with Gasteiger partial charge in [0.1, 0.15) is 11.6 Å². The second-order valence-electron chi connectivity index (χ2n) is 3.06. The number of carboxylic acid groups (broad SMARTS) is 1. The molecule has 70 valence electrons. The minimum absolute atomic E-state index is 0.318. The van der Waals surface area contributed by atoms with Crippen molar-refractivity contribution in [1.29, 1.82) is 0 Å². The quantitative estimate of drug-likeness (QED) is 0.459. The number of rotatable bonds is 5. The third-order valence-corrected chi connectivity index (χ3v) is 2.10. The lowest BCUT2D eigenvalue weighted by atomic mass is 9.91. The first-order valence-electron chi connectivity index (χ1n) is 3.95. The third kappa shape index (κ3) is 1.74. The van der Waals surface area contributed by atoms with Gasteiger partial charge in [-0.25, -0.2) is 0 Å². The zero-order valence-electron chi connectivity index (χ0n) is 6.82. The zero-order valence-corrected chi connectivity index (χ0v) is 6.82. The van der Waals surface area contributed by atoms with Crippen molar-refractivity contribution in [2.75, 3.05) is 13.2 Å². The molecule has 0 radical (unpaired) electrons. The van der Waals surface area contributed by atoms with Crippen LogP contribution in [0.5, 0.6) is 0 Å². The summed E-state index contributed by atoms with van der Waals surface area (Å²) in [5, 5.41) is 8.82. The average Bonchev–Trinajstić information content (AvgIpc) is 2.82. The van der Waals surface area contributed by atoms with Gasteiger partial charge in [0.25, 0.3) is 0 Å². The van der Waals surface area contributed by atoms with Crippen molar-refractivity contribution in [3.8, 4) is 0 Å². The molecule has 5 N–H and O–H groups in total. The van der Waals surface area contributed by atoms with E-state index in [2.05, 4.69) is 0 Å². The van der Waals surface area contributed by atoms with Crippen LogP contribution in [0, 0.1) is 0 Å². The molecule has 2 atom stereocenters. The number of aliphatic carboxylic acids is 1. The Morgan fingerprint density at radius 3 is 2.67 bits per heavy atom. The van der Waals surface area contributed by atoms with Crippen LogP contribution in [-0.4, -0.2) is 35.9 Å². The van der Waals surface area contributed by atoms with Gasteiger partial charge in [-0.15, -0.1) is 0 Å². The monoisotopic (exact) mass is 174 g/mol. The van der Waals surface area contributed by atoms with Gasteiger partial charge in [0.15, 0.2) is 0 Å². The Kier molecular flexibility index (Phi) is 2.66. The molecule has 1 aliphatic rings. The van der Waals surface area contributed by atoms with E-state index < -0.39 is 11.5 Å². The molecule has 0 aliphatic carbocycles. The smallest absolute Gasteiger partial charge is 0.326 e. The van der Waals surface area contributed by atoms with Gasteiger partial charge in [-0.2, -0.15) is 0 Å². The van der Waals surface area contributed by atoms with Crippen LogP contribution in [0.2, 0.25) is 0 Å². The van der Waals surface area contributed by atoms with Crippen molar-refractivity contribution in [1.82, 2.24) is 0 Å². The third-order valence-electron chi connectivity index (χ3n) is 2.10. The first-order chi connectivity index (χ1) is 5.61. The molecule has 1 aliphatic heterocycles. The lowest BCUT2D eigenvalue weighted by molar-refractivity contribution is -0.144. The fraction of sp³-hybridized carbons (Fsp3) is 0.857. The maximum absolute atomic E-state index is 10.8. The molecular formula is C7H14N2O3. The number of hydrogen-bond acceptors (Lipinski definition) is 4. The van der Waals surface area contributed by atoms with E-state index in [9.17, 15) is 4.79 Å². The van der Waals surface area contributed by atoms with Crippen LogP contribution in [0.1, 0.15) is 12.8 Å². The number of ether oxygens (including phenoxy) is 1. The molecule has 0 spiro atoms. The molecular weight excluding hydrogens is 160 g/mol. The molecule has 1 heterocycles. The first-order valence-corrected chi connectivity index (χ1v) is 3.95. The second kappa shape index (κ2) is 3.38. The molecule has 0 aromatic carbocycles. The topological polar surface area (TPSA) is 102 Å². The molecule has 1 saturated heterocycles. The summed E-state index contributed by atoms with van der Waals surface area (Å²) in [5.41, 5.74) is 9.70. The second-order valence-corrected chi connectivity index (χ2v) is 3.06. The van der Waals surface area contributed by atoms with E-state index in [0.29, 0.717) is 26.0 Å². The van der Waals surface area contributed by atoms with Crippen LogP contribution in [0.25, 0.3) is 0 Å². The van der Waals surface area contributed by atoms with Crippen LogP contribution in [-0.2, 0) is 9.53 Å². The number of carbonyl (C=O) groups is 1. The van der Waals surface area contributed by atoms with Crippen molar-refractivity contribution in [3.05, 3.63) is 0 Å². The van der Waals surface area contributed by atoms with Gasteiger partial charge in [0.05, 0.1) is 6.61 Å². The Labute approximate surface area is 70.7 Å². The van der Waals surface area contributed by atoms with Gasteiger partial charge in [0, 0.05) is 0 Å². The van der Waals surface area contributed by atoms with E-state index in [0.717, 1.165) is 0 Å². The van der Waals surface area contributed by atoms with Crippen LogP contribution in [0.15, 0.2) is 0 Å². The maximum Gasteiger partial charge on any atom is 0.326 e. The molecule has 0 aromatic heterocycles. The highest BCUT2D eigenvalue weighted by molar-refractivity contribution is 5.79. The largest absolute Gasteiger partial charge is 0.480 e. The summed E-state index contributed by atoms with van der Waals surface area (Å²) in [5.74, 6) is -1.00. The van der Waals surface area contributed by atoms with Crippen molar-refractivity contribution >= 4 is 5.97 Å². The summed E-state index contributed by atoms with van der Waals surface area (Å²) in [6.07, 6.45) is 0.674. The van der Waals surface area contributed by atoms with Gasteiger partial charge in [0.2, 0.25) is 0 Å². The fourth-order valence-electron chi connectivity index (χ4n) is 1.15. The Bertz CT molecular complexity index is 181. The summed E-state index contributed by atoms with van der Waals surface area (Å²) in [6, 6.07) is 0. The first kappa shape index (κ1) is 9.44. The Hall–Kier alpha value is -0.650. The van der Waals surface area contributed by atoms with E-state index >= 15 is 0 Å². The Morgan fingerprint density at radius 1 is 1.75 bits per heavy atom. The minimum atomic E-state index is -1.22. The maximum atomic E-state index is 10.8. The summed E-state index contributed by atoms with van der Waals surface area (Å²) < 4.78 is 4.89. The van der Waals surface area contributed by atoms with Crippen molar-refractivity contribution in [3.63, 3.8) is 0 Å². The minimum Gasteiger partial charge on any atom is -0.480 e. The SMILES string of the molecule is NCCC[C@](N)(C(=O)O)C1CO1. The normalized spacial score (nSPS) is 26.3. The van der Waals surface area contributed by atoms with Gasteiger partial charge >= 0.3 is 5.97 Å². The lowest BCUT2D eigenvalue weighted by Crippen LogP contribution is -2.53. The van der Waals surface area contributed by atoms with E-state index in [1.54, 1.807) is 0 Å². The average molecular weight is 174 g/mol. The highest BCUT2D eigenvalue weighted by atomic mass is 16.6. The van der Waals surface area contributed by atoms with Crippen molar-refractivity contribution in [2.45, 2.75) is 24.5 Å². The van der Waals surface area contributed by atoms with Gasteiger partial charge < -0.3 is 21.3 Å². The standard InChI is InChI=1S/C7H14N2O3/c8-3-1-2-7(9,6(10)11)5-4-12-5/h5H,1-4,8-9H2,(H,10,11)/t5?,7-/m1/s1. The zero-order chi connectivity index (χ0) is 9.19. The number of epoxide rings is 1. The van der Waals surface area contributed by atoms with E-state index in [1.807, 2.05) is 0 Å². The summed E-state index contributed by atoms with van der Waals surface area (Å²) in [6.45, 7) is 0.909. The summed E-state index contributed by atoms with van der Waals surface area (Å²) in [7, 11) is 0. The number of hydrogen-bond donors (Lipinski definition) is 3. The van der Waals surface area contributed by atoms with E-state index in [4.69, 9.17) is 21.3 Å². The van der Waals surface area contributed by atoms with Crippen LogP contribution < -0.4 is 11.5 Å². The predicted molar refractivity (Wildman–Crippen MR) is 42.6 cm³/mol. The fourth-order valence-corrected chi connectivity index (χ4v) is 1.15.